The van der Waals surface area contributed by atoms with E-state index in [1.165, 1.54) is 7.11 Å². The van der Waals surface area contributed by atoms with Crippen molar-refractivity contribution < 1.29 is 14.3 Å². The maximum atomic E-state index is 13.0. The van der Waals surface area contributed by atoms with E-state index in [9.17, 15) is 10.1 Å². The predicted octanol–water partition coefficient (Wildman–Crippen LogP) is 6.07. The highest BCUT2D eigenvalue weighted by Gasteiger charge is 2.39. The molecule has 1 atom stereocenters. The lowest BCUT2D eigenvalue weighted by Gasteiger charge is -2.37. The van der Waals surface area contributed by atoms with Crippen molar-refractivity contribution in [1.29, 1.82) is 5.26 Å². The summed E-state index contributed by atoms with van der Waals surface area (Å²) in [6.07, 6.45) is 1.94. The van der Waals surface area contributed by atoms with Gasteiger partial charge in [0.05, 0.1) is 39.2 Å². The number of benzene rings is 2. The highest BCUT2D eigenvalue weighted by molar-refractivity contribution is 9.10. The van der Waals surface area contributed by atoms with Crippen molar-refractivity contribution in [3.63, 3.8) is 0 Å². The van der Waals surface area contributed by atoms with Gasteiger partial charge in [0, 0.05) is 24.7 Å². The number of halogens is 3. The molecule has 0 bridgehead atoms. The maximum Gasteiger partial charge on any atom is 0.175 e. The lowest BCUT2D eigenvalue weighted by molar-refractivity contribution is -0.116. The van der Waals surface area contributed by atoms with E-state index in [-0.39, 0.29) is 12.4 Å². The first-order valence-corrected chi connectivity index (χ1v) is 12.2. The van der Waals surface area contributed by atoms with E-state index in [0.29, 0.717) is 49.4 Å². The van der Waals surface area contributed by atoms with Gasteiger partial charge in [0.15, 0.2) is 17.3 Å². The van der Waals surface area contributed by atoms with E-state index in [1.807, 2.05) is 12.1 Å². The van der Waals surface area contributed by atoms with Crippen LogP contribution >= 0.6 is 39.1 Å². The summed E-state index contributed by atoms with van der Waals surface area (Å²) >= 11 is 15.7. The van der Waals surface area contributed by atoms with Crippen LogP contribution in [0.2, 0.25) is 10.0 Å². The van der Waals surface area contributed by atoms with Crippen LogP contribution in [0, 0.1) is 11.3 Å². The summed E-state index contributed by atoms with van der Waals surface area (Å²) in [5.41, 5.74) is 9.73. The maximum absolute atomic E-state index is 13.0. The van der Waals surface area contributed by atoms with Crippen LogP contribution in [0.25, 0.3) is 0 Å². The molecule has 2 N–H and O–H groups in total. The van der Waals surface area contributed by atoms with Crippen molar-refractivity contribution in [3.05, 3.63) is 78.6 Å². The number of Topliss-reactive ketones (excluding diaryl/α,β-unsaturated/α-hetero) is 1. The second kappa shape index (κ2) is 9.91. The van der Waals surface area contributed by atoms with Crippen LogP contribution in [-0.4, -0.2) is 24.8 Å². The summed E-state index contributed by atoms with van der Waals surface area (Å²) in [6.45, 7) is 0.240. The van der Waals surface area contributed by atoms with Crippen LogP contribution in [0.5, 0.6) is 11.5 Å². The first-order chi connectivity index (χ1) is 16.3. The number of rotatable bonds is 5. The second-order valence-electron chi connectivity index (χ2n) is 8.11. The number of hydrogen-bond donors (Lipinski definition) is 1. The number of nitriles is 1. The second-order valence-corrected chi connectivity index (χ2v) is 9.78. The van der Waals surface area contributed by atoms with Crippen molar-refractivity contribution in [2.24, 2.45) is 5.73 Å². The number of carbonyl (C=O) groups is 1. The average molecular weight is 563 g/mol. The van der Waals surface area contributed by atoms with Gasteiger partial charge >= 0.3 is 0 Å². The zero-order valence-electron chi connectivity index (χ0n) is 18.6. The molecule has 2 aliphatic rings. The third-order valence-corrected chi connectivity index (χ3v) is 7.45. The largest absolute Gasteiger partial charge is 0.493 e. The standard InChI is InChI=1S/C25H22BrCl2N3O3/c1-31-19-4-3-5-20(32)23(19)22(15(11-29)25(31)30)14-9-16(26)24(21(10-14)33-2)34-12-13-6-7-17(27)18(28)8-13/h6-10,22H,3-5,12,30H2,1-2H3/t22-/m1/s1. The SMILES string of the molecule is COc1cc([C@@H]2C(C#N)=C(N)N(C)C3=C2C(=O)CCC3)cc(Br)c1OCc1ccc(Cl)c(Cl)c1. The van der Waals surface area contributed by atoms with E-state index < -0.39 is 5.92 Å². The van der Waals surface area contributed by atoms with E-state index in [2.05, 4.69) is 22.0 Å². The molecule has 176 valence electrons. The van der Waals surface area contributed by atoms with Gasteiger partial charge in [-0.15, -0.1) is 0 Å². The molecule has 2 aromatic rings. The van der Waals surface area contributed by atoms with Crippen LogP contribution in [0.4, 0.5) is 0 Å². The third-order valence-electron chi connectivity index (χ3n) is 6.12. The van der Waals surface area contributed by atoms with Gasteiger partial charge in [-0.25, -0.2) is 0 Å². The van der Waals surface area contributed by atoms with Crippen molar-refractivity contribution in [3.8, 4) is 17.6 Å². The Balaban J connectivity index is 1.75. The molecule has 6 nitrogen and oxygen atoms in total. The number of allylic oxidation sites excluding steroid dienone is 3. The smallest absolute Gasteiger partial charge is 0.175 e. The van der Waals surface area contributed by atoms with Gasteiger partial charge in [0.1, 0.15) is 12.4 Å². The Hall–Kier alpha value is -2.66. The van der Waals surface area contributed by atoms with E-state index in [4.69, 9.17) is 38.4 Å². The Bertz CT molecular complexity index is 1280. The Morgan fingerprint density at radius 3 is 2.68 bits per heavy atom. The first kappa shape index (κ1) is 24.5. The highest BCUT2D eigenvalue weighted by Crippen LogP contribution is 2.47. The van der Waals surface area contributed by atoms with E-state index in [1.54, 1.807) is 30.1 Å². The topological polar surface area (TPSA) is 88.6 Å². The molecule has 0 spiro atoms. The number of nitrogens with zero attached hydrogens (tertiary/aromatic N) is 2. The van der Waals surface area contributed by atoms with Gasteiger partial charge in [-0.05, 0) is 64.2 Å². The predicted molar refractivity (Wildman–Crippen MR) is 135 cm³/mol. The van der Waals surface area contributed by atoms with Crippen molar-refractivity contribution in [2.45, 2.75) is 31.8 Å². The molecule has 1 aliphatic heterocycles. The van der Waals surface area contributed by atoms with Gasteiger partial charge < -0.3 is 20.1 Å². The van der Waals surface area contributed by atoms with Crippen LogP contribution in [0.15, 0.2) is 57.5 Å². The Morgan fingerprint density at radius 2 is 2.00 bits per heavy atom. The number of ether oxygens (including phenoxy) is 2. The molecule has 4 rings (SSSR count). The fourth-order valence-electron chi connectivity index (χ4n) is 4.43. The Morgan fingerprint density at radius 1 is 1.24 bits per heavy atom. The highest BCUT2D eigenvalue weighted by atomic mass is 79.9. The molecule has 0 saturated carbocycles. The van der Waals surface area contributed by atoms with Crippen LogP contribution in [0.1, 0.15) is 36.3 Å². The van der Waals surface area contributed by atoms with Crippen LogP contribution in [0.3, 0.4) is 0 Å². The zero-order valence-corrected chi connectivity index (χ0v) is 21.7. The summed E-state index contributed by atoms with van der Waals surface area (Å²) in [5.74, 6) is 0.775. The van der Waals surface area contributed by atoms with Gasteiger partial charge in [0.25, 0.3) is 0 Å². The fourth-order valence-corrected chi connectivity index (χ4v) is 5.32. The molecule has 0 aromatic heterocycles. The third kappa shape index (κ3) is 4.38. The van der Waals surface area contributed by atoms with Crippen molar-refractivity contribution in [1.82, 2.24) is 4.90 Å². The number of ketones is 1. The Labute approximate surface area is 216 Å². The normalized spacial score (nSPS) is 18.1. The summed E-state index contributed by atoms with van der Waals surface area (Å²) in [6, 6.07) is 11.2. The van der Waals surface area contributed by atoms with Gasteiger partial charge in [0.2, 0.25) is 0 Å². The minimum Gasteiger partial charge on any atom is -0.493 e. The quantitative estimate of drug-likeness (QED) is 0.475. The lowest BCUT2D eigenvalue weighted by Crippen LogP contribution is -2.36. The molecular weight excluding hydrogens is 541 g/mol. The lowest BCUT2D eigenvalue weighted by atomic mass is 9.76. The zero-order chi connectivity index (χ0) is 24.6. The summed E-state index contributed by atoms with van der Waals surface area (Å²) < 4.78 is 12.3. The molecule has 0 amide bonds. The molecule has 9 heteroatoms. The molecule has 0 radical (unpaired) electrons. The molecule has 0 saturated heterocycles. The minimum atomic E-state index is -0.571. The molecule has 1 aliphatic carbocycles. The number of nitrogens with two attached hydrogens (primary N) is 1. The average Bonchev–Trinajstić information content (AvgIpc) is 2.82. The van der Waals surface area contributed by atoms with E-state index >= 15 is 0 Å². The Kier molecular flexibility index (Phi) is 7.13. The summed E-state index contributed by atoms with van der Waals surface area (Å²) in [5, 5.41) is 10.9. The number of carbonyl (C=O) groups excluding carboxylic acids is 1. The van der Waals surface area contributed by atoms with Crippen LogP contribution in [-0.2, 0) is 11.4 Å². The summed E-state index contributed by atoms with van der Waals surface area (Å²) in [4.78, 5) is 14.8. The minimum absolute atomic E-state index is 0.0355. The van der Waals surface area contributed by atoms with Crippen molar-refractivity contribution >= 4 is 44.9 Å². The van der Waals surface area contributed by atoms with Gasteiger partial charge in [-0.2, -0.15) is 5.26 Å². The first-order valence-electron chi connectivity index (χ1n) is 10.6. The molecule has 2 aromatic carbocycles. The summed E-state index contributed by atoms with van der Waals surface area (Å²) in [7, 11) is 3.34. The fraction of sp³-hybridized carbons (Fsp3) is 0.280. The van der Waals surface area contributed by atoms with Gasteiger partial charge in [-0.1, -0.05) is 29.3 Å². The van der Waals surface area contributed by atoms with Gasteiger partial charge in [-0.3, -0.25) is 4.79 Å². The molecule has 1 heterocycles. The molecule has 0 unspecified atom stereocenters. The van der Waals surface area contributed by atoms with Crippen molar-refractivity contribution in [2.75, 3.05) is 14.2 Å². The number of hydrogen-bond acceptors (Lipinski definition) is 6. The van der Waals surface area contributed by atoms with E-state index in [0.717, 1.165) is 29.7 Å². The number of methoxy groups -OCH3 is 1. The molecule has 34 heavy (non-hydrogen) atoms. The molecule has 0 fully saturated rings. The monoisotopic (exact) mass is 561 g/mol. The van der Waals surface area contributed by atoms with Crippen LogP contribution < -0.4 is 15.2 Å². The molecular formula is C25H22BrCl2N3O3.